The van der Waals surface area contributed by atoms with Crippen molar-refractivity contribution in [3.05, 3.63) is 81.3 Å². The fourth-order valence-corrected chi connectivity index (χ4v) is 3.61. The summed E-state index contributed by atoms with van der Waals surface area (Å²) in [6, 6.07) is 17.0. The summed E-state index contributed by atoms with van der Waals surface area (Å²) in [5.74, 6) is 0.0543. The van der Waals surface area contributed by atoms with Gasteiger partial charge in [-0.1, -0.05) is 78.9 Å². The number of aromatic nitrogens is 1. The molecule has 0 bridgehead atoms. The molecule has 0 N–H and O–H groups in total. The molecule has 0 unspecified atom stereocenters. The maximum Gasteiger partial charge on any atom is 0.123 e. The molecule has 0 aliphatic rings. The molecule has 26 heavy (non-hydrogen) atoms. The Bertz CT molecular complexity index is 929. The number of nitrogens with zero attached hydrogens (tertiary/aromatic N) is 1. The molecule has 0 radical (unpaired) electrons. The maximum absolute atomic E-state index is 13.5. The highest BCUT2D eigenvalue weighted by atomic mass is 127. The van der Waals surface area contributed by atoms with Gasteiger partial charge in [0.15, 0.2) is 0 Å². The van der Waals surface area contributed by atoms with Crippen LogP contribution in [0.5, 0.6) is 0 Å². The molecule has 0 amide bonds. The summed E-state index contributed by atoms with van der Waals surface area (Å²) >= 11 is 2.24. The minimum absolute atomic E-state index is 0.223. The molecule has 1 aromatic heterocycles. The number of hydrogen-bond donors (Lipinski definition) is 0. The van der Waals surface area contributed by atoms with Crippen molar-refractivity contribution in [3.63, 3.8) is 0 Å². The molecule has 0 saturated carbocycles. The second-order valence-corrected chi connectivity index (χ2v) is 7.30. The van der Waals surface area contributed by atoms with Crippen molar-refractivity contribution < 1.29 is 4.39 Å². The molecule has 0 aliphatic carbocycles. The molecule has 0 spiro atoms. The van der Waals surface area contributed by atoms with E-state index in [1.54, 1.807) is 0 Å². The highest BCUT2D eigenvalue weighted by Crippen LogP contribution is 2.38. The number of halogens is 2. The summed E-state index contributed by atoms with van der Waals surface area (Å²) in [7, 11) is 0. The lowest BCUT2D eigenvalue weighted by molar-refractivity contribution is 0.628. The first kappa shape index (κ1) is 18.8. The van der Waals surface area contributed by atoms with Crippen LogP contribution in [0.2, 0.25) is 0 Å². The molecule has 0 aliphatic heterocycles. The third-order valence-electron chi connectivity index (χ3n) is 4.46. The average Bonchev–Trinajstić information content (AvgIpc) is 2.64. The normalized spacial score (nSPS) is 11.5. The van der Waals surface area contributed by atoms with Crippen LogP contribution in [0.25, 0.3) is 28.5 Å². The lowest BCUT2D eigenvalue weighted by Crippen LogP contribution is -2.04. The van der Waals surface area contributed by atoms with E-state index in [0.717, 1.165) is 39.2 Å². The zero-order chi connectivity index (χ0) is 18.7. The van der Waals surface area contributed by atoms with Crippen LogP contribution in [-0.2, 0) is 0 Å². The molecule has 1 nitrogen and oxygen atoms in total. The van der Waals surface area contributed by atoms with E-state index in [9.17, 15) is 4.39 Å². The first-order valence-electron chi connectivity index (χ1n) is 8.65. The number of pyridine rings is 1. The molecular formula is C23H21FIN. The van der Waals surface area contributed by atoms with Crippen LogP contribution in [0, 0.1) is 12.7 Å². The highest BCUT2D eigenvalue weighted by molar-refractivity contribution is 14.1. The van der Waals surface area contributed by atoms with Crippen molar-refractivity contribution in [2.75, 3.05) is 0 Å². The van der Waals surface area contributed by atoms with Crippen LogP contribution < -0.4 is 0 Å². The van der Waals surface area contributed by atoms with Crippen LogP contribution in [0.3, 0.4) is 0 Å². The van der Waals surface area contributed by atoms with Gasteiger partial charge in [-0.2, -0.15) is 0 Å². The molecular weight excluding hydrogens is 436 g/mol. The first-order valence-corrected chi connectivity index (χ1v) is 9.90. The average molecular weight is 457 g/mol. The molecule has 0 saturated heterocycles. The minimum atomic E-state index is -0.223. The lowest BCUT2D eigenvalue weighted by Gasteiger charge is -2.20. The van der Waals surface area contributed by atoms with Gasteiger partial charge in [0.05, 0.1) is 11.4 Å². The van der Waals surface area contributed by atoms with Gasteiger partial charge in [-0.15, -0.1) is 0 Å². The molecule has 3 aromatic rings. The molecule has 0 fully saturated rings. The second kappa shape index (κ2) is 8.12. The molecule has 0 atom stereocenters. The maximum atomic E-state index is 13.5. The van der Waals surface area contributed by atoms with E-state index in [4.69, 9.17) is 4.98 Å². The van der Waals surface area contributed by atoms with E-state index in [-0.39, 0.29) is 11.7 Å². The Morgan fingerprint density at radius 1 is 0.962 bits per heavy atom. The van der Waals surface area contributed by atoms with E-state index < -0.39 is 0 Å². The van der Waals surface area contributed by atoms with Crippen LogP contribution in [0.15, 0.2) is 58.7 Å². The summed E-state index contributed by atoms with van der Waals surface area (Å²) in [5, 5.41) is 0. The summed E-state index contributed by atoms with van der Waals surface area (Å²) in [4.78, 5) is 5.04. The smallest absolute Gasteiger partial charge is 0.123 e. The van der Waals surface area contributed by atoms with Gasteiger partial charge in [0.25, 0.3) is 0 Å². The predicted octanol–water partition coefficient (Wildman–Crippen LogP) is 7.39. The number of rotatable bonds is 4. The SMILES string of the molecule is Cc1c(-c2ccccc2)nc(C(C)C)c(/C=C/I)c1-c1ccc(F)cc1. The number of hydrogen-bond acceptors (Lipinski definition) is 1. The van der Waals surface area contributed by atoms with Gasteiger partial charge in [-0.05, 0) is 51.8 Å². The Hall–Kier alpha value is -2.01. The minimum Gasteiger partial charge on any atom is -0.252 e. The van der Waals surface area contributed by atoms with Crippen molar-refractivity contribution in [1.82, 2.24) is 4.98 Å². The van der Waals surface area contributed by atoms with E-state index in [2.05, 4.69) is 61.6 Å². The van der Waals surface area contributed by atoms with Crippen LogP contribution in [0.1, 0.15) is 36.6 Å². The summed E-state index contributed by atoms with van der Waals surface area (Å²) in [6.07, 6.45) is 2.10. The van der Waals surface area contributed by atoms with Gasteiger partial charge in [0.1, 0.15) is 5.82 Å². The van der Waals surface area contributed by atoms with Gasteiger partial charge in [-0.25, -0.2) is 4.39 Å². The van der Waals surface area contributed by atoms with Crippen molar-refractivity contribution in [1.29, 1.82) is 0 Å². The number of benzene rings is 2. The van der Waals surface area contributed by atoms with Crippen molar-refractivity contribution >= 4 is 28.7 Å². The van der Waals surface area contributed by atoms with Crippen molar-refractivity contribution in [2.24, 2.45) is 0 Å². The van der Waals surface area contributed by atoms with Crippen LogP contribution in [0.4, 0.5) is 4.39 Å². The Kier molecular flexibility index (Phi) is 5.87. The molecule has 3 rings (SSSR count). The monoisotopic (exact) mass is 457 g/mol. The second-order valence-electron chi connectivity index (χ2n) is 6.58. The van der Waals surface area contributed by atoms with E-state index in [1.807, 2.05) is 34.4 Å². The lowest BCUT2D eigenvalue weighted by atomic mass is 9.88. The summed E-state index contributed by atoms with van der Waals surface area (Å²) < 4.78 is 15.5. The Morgan fingerprint density at radius 3 is 2.19 bits per heavy atom. The van der Waals surface area contributed by atoms with E-state index in [1.165, 1.54) is 12.1 Å². The Morgan fingerprint density at radius 2 is 1.62 bits per heavy atom. The van der Waals surface area contributed by atoms with Gasteiger partial charge in [-0.3, -0.25) is 4.98 Å². The van der Waals surface area contributed by atoms with Gasteiger partial charge in [0, 0.05) is 11.1 Å². The fourth-order valence-electron chi connectivity index (χ4n) is 3.25. The van der Waals surface area contributed by atoms with Crippen molar-refractivity contribution in [2.45, 2.75) is 26.7 Å². The van der Waals surface area contributed by atoms with Crippen molar-refractivity contribution in [3.8, 4) is 22.4 Å². The zero-order valence-electron chi connectivity index (χ0n) is 15.1. The quantitative estimate of drug-likeness (QED) is 0.372. The topological polar surface area (TPSA) is 12.9 Å². The molecule has 3 heteroatoms. The summed E-state index contributed by atoms with van der Waals surface area (Å²) in [5.41, 5.74) is 7.49. The zero-order valence-corrected chi connectivity index (χ0v) is 17.3. The fraction of sp³-hybridized carbons (Fsp3) is 0.174. The van der Waals surface area contributed by atoms with Crippen LogP contribution >= 0.6 is 22.6 Å². The Balaban J connectivity index is 2.38. The van der Waals surface area contributed by atoms with Gasteiger partial charge >= 0.3 is 0 Å². The predicted molar refractivity (Wildman–Crippen MR) is 117 cm³/mol. The molecule has 132 valence electrons. The molecule has 1 heterocycles. The molecule has 2 aromatic carbocycles. The van der Waals surface area contributed by atoms with Gasteiger partial charge < -0.3 is 0 Å². The van der Waals surface area contributed by atoms with E-state index in [0.29, 0.717) is 0 Å². The largest absolute Gasteiger partial charge is 0.252 e. The Labute approximate surface area is 168 Å². The first-order chi connectivity index (χ1) is 12.5. The van der Waals surface area contributed by atoms with Gasteiger partial charge in [0.2, 0.25) is 0 Å². The highest BCUT2D eigenvalue weighted by Gasteiger charge is 2.19. The van der Waals surface area contributed by atoms with Crippen LogP contribution in [-0.4, -0.2) is 4.98 Å². The third kappa shape index (κ3) is 3.73. The summed E-state index contributed by atoms with van der Waals surface area (Å²) in [6.45, 7) is 6.42. The standard InChI is InChI=1S/C23H21FIN/c1-15(2)22-20(13-14-25)21(17-9-11-19(24)12-10-17)16(3)23(26-22)18-7-5-4-6-8-18/h4-15H,1-3H3/b14-13+. The third-order valence-corrected chi connectivity index (χ3v) is 4.82. The van der Waals surface area contributed by atoms with E-state index >= 15 is 0 Å².